The van der Waals surface area contributed by atoms with Gasteiger partial charge in [-0.25, -0.2) is 14.8 Å². The molecule has 0 spiro atoms. The molecule has 0 aliphatic carbocycles. The van der Waals surface area contributed by atoms with E-state index in [1.54, 1.807) is 0 Å². The quantitative estimate of drug-likeness (QED) is 0.327. The van der Waals surface area contributed by atoms with E-state index in [1.165, 1.54) is 34.9 Å². The number of carbonyl (C=O) groups is 2. The molecular weight excluding hydrogens is 577 g/mol. The Balaban J connectivity index is 1.40. The highest BCUT2D eigenvalue weighted by Gasteiger charge is 2.45. The van der Waals surface area contributed by atoms with Gasteiger partial charge in [0.15, 0.2) is 5.13 Å². The Morgan fingerprint density at radius 1 is 1.19 bits per heavy atom. The summed E-state index contributed by atoms with van der Waals surface area (Å²) in [5.74, 6) is -0.0637. The summed E-state index contributed by atoms with van der Waals surface area (Å²) in [6.45, 7) is 7.74. The van der Waals surface area contributed by atoms with Gasteiger partial charge in [0.05, 0.1) is 26.5 Å². The van der Waals surface area contributed by atoms with E-state index in [0.29, 0.717) is 29.2 Å². The number of rotatable bonds is 4. The van der Waals surface area contributed by atoms with Crippen LogP contribution >= 0.6 is 57.5 Å². The number of halogens is 3. The van der Waals surface area contributed by atoms with Crippen LogP contribution in [0.15, 0.2) is 23.7 Å². The number of hydrogen-bond donors (Lipinski definition) is 1. The van der Waals surface area contributed by atoms with Gasteiger partial charge in [0.1, 0.15) is 21.4 Å². The van der Waals surface area contributed by atoms with Crippen molar-refractivity contribution in [2.75, 3.05) is 29.9 Å². The molecule has 2 unspecified atom stereocenters. The lowest BCUT2D eigenvalue weighted by atomic mass is 10.1. The molecule has 196 valence electrons. The number of likely N-dealkylation sites (tertiary alicyclic amines) is 1. The number of aromatic nitrogens is 2. The van der Waals surface area contributed by atoms with Crippen molar-refractivity contribution in [1.82, 2.24) is 14.9 Å². The van der Waals surface area contributed by atoms with E-state index in [2.05, 4.69) is 15.2 Å². The van der Waals surface area contributed by atoms with Crippen molar-refractivity contribution in [3.63, 3.8) is 0 Å². The first-order valence-corrected chi connectivity index (χ1v) is 14.4. The van der Waals surface area contributed by atoms with Crippen LogP contribution in [0.2, 0.25) is 15.2 Å². The van der Waals surface area contributed by atoms with Gasteiger partial charge in [-0.05, 0) is 39.3 Å². The van der Waals surface area contributed by atoms with E-state index in [9.17, 15) is 9.59 Å². The van der Waals surface area contributed by atoms with Gasteiger partial charge in [-0.3, -0.25) is 10.1 Å². The van der Waals surface area contributed by atoms with E-state index in [1.807, 2.05) is 37.1 Å². The number of pyridine rings is 1. The summed E-state index contributed by atoms with van der Waals surface area (Å²) < 4.78 is 5.65. The number of ether oxygens (including phenoxy) is 1. The third kappa shape index (κ3) is 5.68. The van der Waals surface area contributed by atoms with Gasteiger partial charge >= 0.3 is 6.09 Å². The molecule has 1 N–H and O–H groups in total. The Labute approximate surface area is 237 Å². The van der Waals surface area contributed by atoms with Crippen LogP contribution in [0.5, 0.6) is 0 Å². The minimum absolute atomic E-state index is 0.0528. The zero-order valence-electron chi connectivity index (χ0n) is 20.3. The van der Waals surface area contributed by atoms with Crippen molar-refractivity contribution in [1.29, 1.82) is 0 Å². The van der Waals surface area contributed by atoms with E-state index < -0.39 is 11.5 Å². The highest BCUT2D eigenvalue weighted by Crippen LogP contribution is 2.45. The maximum atomic E-state index is 12.9. The summed E-state index contributed by atoms with van der Waals surface area (Å²) in [6.07, 6.45) is 2.00. The van der Waals surface area contributed by atoms with Gasteiger partial charge in [0, 0.05) is 37.1 Å². The number of thiazole rings is 1. The molecule has 2 fully saturated rings. The van der Waals surface area contributed by atoms with Gasteiger partial charge in [0.25, 0.3) is 5.91 Å². The molecule has 2 aliphatic rings. The first-order valence-electron chi connectivity index (χ1n) is 11.6. The summed E-state index contributed by atoms with van der Waals surface area (Å²) in [5.41, 5.74) is 0.470. The zero-order chi connectivity index (χ0) is 26.5. The molecule has 8 nitrogen and oxygen atoms in total. The van der Waals surface area contributed by atoms with Gasteiger partial charge in [-0.15, -0.1) is 11.3 Å². The summed E-state index contributed by atoms with van der Waals surface area (Å²) in [7, 11) is 0. The largest absolute Gasteiger partial charge is 0.444 e. The lowest BCUT2D eigenvalue weighted by Gasteiger charge is -2.28. The first kappa shape index (κ1) is 26.5. The summed E-state index contributed by atoms with van der Waals surface area (Å²) >= 11 is 21.0. The number of fused-ring (bicyclic) bond motifs is 1. The number of thiophene rings is 1. The van der Waals surface area contributed by atoms with Crippen molar-refractivity contribution in [2.24, 2.45) is 5.92 Å². The maximum absolute atomic E-state index is 12.9. The van der Waals surface area contributed by atoms with Crippen LogP contribution in [0.1, 0.15) is 37.6 Å². The predicted molar refractivity (Wildman–Crippen MR) is 150 cm³/mol. The van der Waals surface area contributed by atoms with Crippen molar-refractivity contribution in [3.8, 4) is 10.6 Å². The van der Waals surface area contributed by atoms with Crippen LogP contribution in [-0.2, 0) is 4.74 Å². The van der Waals surface area contributed by atoms with Crippen molar-refractivity contribution in [3.05, 3.63) is 44.5 Å². The second-order valence-corrected chi connectivity index (χ2v) is 13.0. The predicted octanol–water partition coefficient (Wildman–Crippen LogP) is 6.92. The fraction of sp³-hybridized carbons (Fsp3) is 0.417. The highest BCUT2D eigenvalue weighted by molar-refractivity contribution is 7.21. The Morgan fingerprint density at radius 3 is 2.65 bits per heavy atom. The molecule has 5 rings (SSSR count). The molecule has 2 aliphatic heterocycles. The molecule has 37 heavy (non-hydrogen) atoms. The molecule has 3 aromatic heterocycles. The number of carbonyl (C=O) groups excluding carboxylic acids is 2. The smallest absolute Gasteiger partial charge is 0.410 e. The molecule has 2 saturated heterocycles. The molecular formula is C24H24Cl3N5O3S2. The Bertz CT molecular complexity index is 1360. The average molecular weight is 601 g/mol. The lowest BCUT2D eigenvalue weighted by molar-refractivity contribution is 0.0229. The standard InChI is InChI=1S/C24H24Cl3N5O3S2/c1-24(2,3)35-23(34)32-5-4-12-9-31(10-16(12)32)21-18(17-7-14(25)11-36-17)29-22(37-21)30-20(33)13-6-15(26)19(27)28-8-13/h6-8,11-12,16H,4-5,9-10H2,1-3H3,(H,29,30,33). The Morgan fingerprint density at radius 2 is 1.97 bits per heavy atom. The zero-order valence-corrected chi connectivity index (χ0v) is 24.2. The van der Waals surface area contributed by atoms with Crippen molar-refractivity contribution >= 4 is 79.6 Å². The summed E-state index contributed by atoms with van der Waals surface area (Å²) in [5, 5.41) is 7.01. The van der Waals surface area contributed by atoms with Crippen LogP contribution in [-0.4, -0.2) is 58.1 Å². The van der Waals surface area contributed by atoms with Crippen LogP contribution in [0.25, 0.3) is 10.6 Å². The summed E-state index contributed by atoms with van der Waals surface area (Å²) in [4.78, 5) is 39.4. The van der Waals surface area contributed by atoms with E-state index in [0.717, 1.165) is 28.5 Å². The highest BCUT2D eigenvalue weighted by atomic mass is 35.5. The molecule has 0 aromatic carbocycles. The minimum Gasteiger partial charge on any atom is -0.444 e. The monoisotopic (exact) mass is 599 g/mol. The SMILES string of the molecule is CC(C)(C)OC(=O)N1CCC2CN(c3sc(NC(=O)c4cnc(Cl)c(Cl)c4)nc3-c3cc(Cl)cs3)CC21. The normalized spacial score (nSPS) is 19.3. The van der Waals surface area contributed by atoms with Crippen LogP contribution in [0.4, 0.5) is 14.9 Å². The van der Waals surface area contributed by atoms with Crippen molar-refractivity contribution < 1.29 is 14.3 Å². The molecule has 5 heterocycles. The van der Waals surface area contributed by atoms with Crippen molar-refractivity contribution in [2.45, 2.75) is 38.8 Å². The molecule has 0 bridgehead atoms. The van der Waals surface area contributed by atoms with Gasteiger partial charge < -0.3 is 14.5 Å². The second-order valence-electron chi connectivity index (χ2n) is 9.95. The van der Waals surface area contributed by atoms with Gasteiger partial charge in [-0.1, -0.05) is 46.1 Å². The number of nitrogens with one attached hydrogen (secondary N) is 1. The minimum atomic E-state index is -0.548. The summed E-state index contributed by atoms with van der Waals surface area (Å²) in [6, 6.07) is 3.38. The third-order valence-corrected chi connectivity index (χ3v) is 9.15. The van der Waals surface area contributed by atoms with Crippen LogP contribution in [0, 0.1) is 5.92 Å². The third-order valence-electron chi connectivity index (χ3n) is 6.15. The molecule has 0 radical (unpaired) electrons. The van der Waals surface area contributed by atoms with Crippen LogP contribution in [0.3, 0.4) is 0 Å². The first-order chi connectivity index (χ1) is 17.5. The van der Waals surface area contributed by atoms with Gasteiger partial charge in [-0.2, -0.15) is 0 Å². The van der Waals surface area contributed by atoms with Gasteiger partial charge in [0.2, 0.25) is 0 Å². The van der Waals surface area contributed by atoms with E-state index >= 15 is 0 Å². The molecule has 2 amide bonds. The molecule has 0 saturated carbocycles. The lowest BCUT2D eigenvalue weighted by Crippen LogP contribution is -2.42. The fourth-order valence-electron chi connectivity index (χ4n) is 4.57. The molecule has 2 atom stereocenters. The maximum Gasteiger partial charge on any atom is 0.410 e. The number of hydrogen-bond acceptors (Lipinski definition) is 8. The Kier molecular flexibility index (Phi) is 7.32. The number of nitrogens with zero attached hydrogens (tertiary/aromatic N) is 4. The fourth-order valence-corrected chi connectivity index (χ4v) is 6.96. The second kappa shape index (κ2) is 10.2. The molecule has 13 heteroatoms. The molecule has 3 aromatic rings. The average Bonchev–Trinajstić information content (AvgIpc) is 3.57. The Hall–Kier alpha value is -2.11. The van der Waals surface area contributed by atoms with Crippen LogP contribution < -0.4 is 10.2 Å². The topological polar surface area (TPSA) is 87.7 Å². The number of anilines is 2. The number of amides is 2. The van der Waals surface area contributed by atoms with E-state index in [4.69, 9.17) is 44.5 Å². The van der Waals surface area contributed by atoms with E-state index in [-0.39, 0.29) is 27.9 Å².